The molecule has 0 aliphatic heterocycles. The largest absolute Gasteiger partial charge is 0.450 e. The van der Waals surface area contributed by atoms with Crippen molar-refractivity contribution >= 4 is 11.4 Å². The van der Waals surface area contributed by atoms with E-state index in [0.29, 0.717) is 0 Å². The fourth-order valence-corrected chi connectivity index (χ4v) is 1.72. The number of rotatable bonds is 5. The van der Waals surface area contributed by atoms with E-state index in [1.54, 1.807) is 6.07 Å². The second-order valence-corrected chi connectivity index (χ2v) is 4.03. The molecule has 0 unspecified atom stereocenters. The molecular formula is C13H10N2O6. The third-order valence-corrected chi connectivity index (χ3v) is 2.71. The average molecular weight is 290 g/mol. The van der Waals surface area contributed by atoms with Crippen molar-refractivity contribution in [2.45, 2.75) is 6.61 Å². The van der Waals surface area contributed by atoms with Gasteiger partial charge in [0.2, 0.25) is 5.75 Å². The Balaban J connectivity index is 2.40. The van der Waals surface area contributed by atoms with Crippen LogP contribution in [-0.2, 0) is 6.61 Å². The van der Waals surface area contributed by atoms with Crippen molar-refractivity contribution in [1.82, 2.24) is 0 Å². The Hall–Kier alpha value is -3.00. The lowest BCUT2D eigenvalue weighted by Crippen LogP contribution is -1.97. The lowest BCUT2D eigenvalue weighted by molar-refractivity contribution is -0.385. The number of benzene rings is 2. The summed E-state index contributed by atoms with van der Waals surface area (Å²) in [6.07, 6.45) is 0. The van der Waals surface area contributed by atoms with Crippen LogP contribution in [0.4, 0.5) is 11.4 Å². The van der Waals surface area contributed by atoms with Gasteiger partial charge in [0.05, 0.1) is 16.5 Å². The van der Waals surface area contributed by atoms with Crippen molar-refractivity contribution in [3.05, 3.63) is 68.3 Å². The van der Waals surface area contributed by atoms with Gasteiger partial charge in [-0.3, -0.25) is 20.2 Å². The maximum atomic E-state index is 10.9. The highest BCUT2D eigenvalue weighted by atomic mass is 16.6. The van der Waals surface area contributed by atoms with Crippen LogP contribution in [0.25, 0.3) is 0 Å². The molecule has 0 aromatic heterocycles. The summed E-state index contributed by atoms with van der Waals surface area (Å²) in [5.74, 6) is 0.114. The first-order chi connectivity index (χ1) is 10.0. The van der Waals surface area contributed by atoms with Crippen LogP contribution in [0.5, 0.6) is 11.5 Å². The number of hydrogen-bond donors (Lipinski definition) is 1. The third kappa shape index (κ3) is 3.12. The van der Waals surface area contributed by atoms with E-state index in [1.165, 1.54) is 30.3 Å². The van der Waals surface area contributed by atoms with Crippen LogP contribution in [-0.4, -0.2) is 15.0 Å². The van der Waals surface area contributed by atoms with E-state index in [4.69, 9.17) is 4.74 Å². The third-order valence-electron chi connectivity index (χ3n) is 2.71. The van der Waals surface area contributed by atoms with Gasteiger partial charge < -0.3 is 9.84 Å². The molecule has 21 heavy (non-hydrogen) atoms. The van der Waals surface area contributed by atoms with Crippen LogP contribution in [0.2, 0.25) is 0 Å². The summed E-state index contributed by atoms with van der Waals surface area (Å²) in [6.45, 7) is -0.488. The highest BCUT2D eigenvalue weighted by Gasteiger charge is 2.17. The van der Waals surface area contributed by atoms with Crippen molar-refractivity contribution in [1.29, 1.82) is 0 Å². The second kappa shape index (κ2) is 5.97. The van der Waals surface area contributed by atoms with Crippen LogP contribution in [0.3, 0.4) is 0 Å². The summed E-state index contributed by atoms with van der Waals surface area (Å²) < 4.78 is 5.40. The molecule has 0 bridgehead atoms. The minimum atomic E-state index is -0.603. The number of aliphatic hydroxyl groups excluding tert-OH is 1. The summed E-state index contributed by atoms with van der Waals surface area (Å²) in [5.41, 5.74) is -0.268. The number of hydrogen-bond acceptors (Lipinski definition) is 6. The summed E-state index contributed by atoms with van der Waals surface area (Å²) >= 11 is 0. The highest BCUT2D eigenvalue weighted by Crippen LogP contribution is 2.33. The Bertz CT molecular complexity index is 701. The zero-order chi connectivity index (χ0) is 15.4. The summed E-state index contributed by atoms with van der Waals surface area (Å²) in [4.78, 5) is 20.4. The van der Waals surface area contributed by atoms with Gasteiger partial charge in [-0.2, -0.15) is 0 Å². The van der Waals surface area contributed by atoms with Gasteiger partial charge in [0.15, 0.2) is 0 Å². The molecule has 0 saturated heterocycles. The first kappa shape index (κ1) is 14.4. The topological polar surface area (TPSA) is 116 Å². The molecule has 2 aromatic carbocycles. The second-order valence-electron chi connectivity index (χ2n) is 4.03. The lowest BCUT2D eigenvalue weighted by Gasteiger charge is -2.09. The van der Waals surface area contributed by atoms with E-state index in [1.807, 2.05) is 0 Å². The maximum absolute atomic E-state index is 10.9. The minimum Gasteiger partial charge on any atom is -0.450 e. The molecule has 0 radical (unpaired) electrons. The molecule has 0 amide bonds. The smallest absolute Gasteiger partial charge is 0.311 e. The van der Waals surface area contributed by atoms with Gasteiger partial charge in [-0.15, -0.1) is 0 Å². The SMILES string of the molecule is O=[N+]([O-])c1ccc(Oc2ccccc2[N+](=O)[O-])c(CO)c1. The quantitative estimate of drug-likeness (QED) is 0.668. The molecule has 0 aliphatic carbocycles. The number of nitro groups is 2. The maximum Gasteiger partial charge on any atom is 0.311 e. The molecule has 0 spiro atoms. The molecule has 8 heteroatoms. The van der Waals surface area contributed by atoms with Gasteiger partial charge in [-0.25, -0.2) is 0 Å². The first-order valence-corrected chi connectivity index (χ1v) is 5.82. The number of para-hydroxylation sites is 2. The Labute approximate surface area is 118 Å². The van der Waals surface area contributed by atoms with Crippen LogP contribution in [0, 0.1) is 20.2 Å². The van der Waals surface area contributed by atoms with E-state index in [0.717, 1.165) is 6.07 Å². The molecule has 2 aromatic rings. The molecule has 0 fully saturated rings. The van der Waals surface area contributed by atoms with E-state index in [-0.39, 0.29) is 28.4 Å². The Morgan fingerprint density at radius 3 is 2.33 bits per heavy atom. The normalized spacial score (nSPS) is 10.1. The summed E-state index contributed by atoms with van der Waals surface area (Å²) in [7, 11) is 0. The van der Waals surface area contributed by atoms with Gasteiger partial charge in [-0.1, -0.05) is 12.1 Å². The Kier molecular flexibility index (Phi) is 4.10. The molecular weight excluding hydrogens is 280 g/mol. The highest BCUT2D eigenvalue weighted by molar-refractivity contribution is 5.51. The average Bonchev–Trinajstić information content (AvgIpc) is 2.47. The van der Waals surface area contributed by atoms with Gasteiger partial charge in [0, 0.05) is 23.8 Å². The molecule has 1 N–H and O–H groups in total. The standard InChI is InChI=1S/C13H10N2O6/c16-8-9-7-10(14(17)18)5-6-12(9)21-13-4-2-1-3-11(13)15(19)20/h1-7,16H,8H2. The van der Waals surface area contributed by atoms with Crippen LogP contribution in [0.1, 0.15) is 5.56 Å². The molecule has 8 nitrogen and oxygen atoms in total. The van der Waals surface area contributed by atoms with Crippen LogP contribution < -0.4 is 4.74 Å². The van der Waals surface area contributed by atoms with E-state index >= 15 is 0 Å². The molecule has 0 saturated carbocycles. The van der Waals surface area contributed by atoms with Gasteiger partial charge in [-0.05, 0) is 12.1 Å². The van der Waals surface area contributed by atoms with E-state index in [2.05, 4.69) is 0 Å². The zero-order valence-electron chi connectivity index (χ0n) is 10.6. The Morgan fingerprint density at radius 2 is 1.71 bits per heavy atom. The van der Waals surface area contributed by atoms with Crippen molar-refractivity contribution in [2.24, 2.45) is 0 Å². The lowest BCUT2D eigenvalue weighted by atomic mass is 10.2. The van der Waals surface area contributed by atoms with Crippen LogP contribution >= 0.6 is 0 Å². The first-order valence-electron chi connectivity index (χ1n) is 5.82. The van der Waals surface area contributed by atoms with Crippen molar-refractivity contribution in [3.8, 4) is 11.5 Å². The van der Waals surface area contributed by atoms with Crippen molar-refractivity contribution in [3.63, 3.8) is 0 Å². The number of ether oxygens (including phenoxy) is 1. The monoisotopic (exact) mass is 290 g/mol. The molecule has 0 atom stereocenters. The fourth-order valence-electron chi connectivity index (χ4n) is 1.72. The Morgan fingerprint density at radius 1 is 1.00 bits per heavy atom. The number of nitrogens with zero attached hydrogens (tertiary/aromatic N) is 2. The zero-order valence-corrected chi connectivity index (χ0v) is 10.6. The van der Waals surface area contributed by atoms with E-state index < -0.39 is 16.5 Å². The number of nitro benzene ring substituents is 2. The number of aliphatic hydroxyl groups is 1. The molecule has 108 valence electrons. The fraction of sp³-hybridized carbons (Fsp3) is 0.0769. The summed E-state index contributed by atoms with van der Waals surface area (Å²) in [6, 6.07) is 9.38. The van der Waals surface area contributed by atoms with E-state index in [9.17, 15) is 25.3 Å². The molecule has 0 aliphatic rings. The van der Waals surface area contributed by atoms with Gasteiger partial charge in [0.1, 0.15) is 5.75 Å². The van der Waals surface area contributed by atoms with Crippen molar-refractivity contribution < 1.29 is 19.7 Å². The predicted octanol–water partition coefficient (Wildman–Crippen LogP) is 2.79. The summed E-state index contributed by atoms with van der Waals surface area (Å²) in [5, 5.41) is 30.8. The van der Waals surface area contributed by atoms with Gasteiger partial charge in [0.25, 0.3) is 5.69 Å². The molecule has 2 rings (SSSR count). The van der Waals surface area contributed by atoms with Crippen LogP contribution in [0.15, 0.2) is 42.5 Å². The predicted molar refractivity (Wildman–Crippen MR) is 72.2 cm³/mol. The molecule has 0 heterocycles. The number of non-ortho nitro benzene ring substituents is 1. The van der Waals surface area contributed by atoms with Crippen molar-refractivity contribution in [2.75, 3.05) is 0 Å². The minimum absolute atomic E-state index is 0.00828. The van der Waals surface area contributed by atoms with Gasteiger partial charge >= 0.3 is 5.69 Å².